The van der Waals surface area contributed by atoms with Gasteiger partial charge in [0.2, 0.25) is 11.8 Å². The molecule has 7 nitrogen and oxygen atoms in total. The van der Waals surface area contributed by atoms with Crippen LogP contribution in [-0.2, 0) is 23.2 Å². The third-order valence-electron chi connectivity index (χ3n) is 4.25. The molecule has 7 heteroatoms. The van der Waals surface area contributed by atoms with Gasteiger partial charge < -0.3 is 10.2 Å². The van der Waals surface area contributed by atoms with Crippen LogP contribution in [0.2, 0.25) is 0 Å². The number of rotatable bonds is 2. The Bertz CT molecular complexity index is 533. The summed E-state index contributed by atoms with van der Waals surface area (Å²) in [5.41, 5.74) is -0.674. The molecule has 1 aliphatic carbocycles. The first kappa shape index (κ1) is 13.1. The summed E-state index contributed by atoms with van der Waals surface area (Å²) in [6.07, 6.45) is 6.06. The van der Waals surface area contributed by atoms with E-state index < -0.39 is 5.54 Å². The summed E-state index contributed by atoms with van der Waals surface area (Å²) in [7, 11) is 1.78. The van der Waals surface area contributed by atoms with E-state index in [1.807, 2.05) is 0 Å². The van der Waals surface area contributed by atoms with Crippen molar-refractivity contribution in [1.29, 1.82) is 0 Å². The fourth-order valence-corrected chi connectivity index (χ4v) is 3.16. The van der Waals surface area contributed by atoms with E-state index in [-0.39, 0.29) is 18.4 Å². The van der Waals surface area contributed by atoms with Gasteiger partial charge in [0.15, 0.2) is 0 Å². The van der Waals surface area contributed by atoms with Crippen LogP contribution in [0.25, 0.3) is 0 Å². The molecule has 2 fully saturated rings. The van der Waals surface area contributed by atoms with Crippen LogP contribution in [0, 0.1) is 0 Å². The number of carbonyl (C=O) groups is 2. The summed E-state index contributed by atoms with van der Waals surface area (Å²) in [5, 5.41) is 6.93. The average Bonchev–Trinajstić information content (AvgIpc) is 2.82. The van der Waals surface area contributed by atoms with E-state index in [0.29, 0.717) is 12.4 Å². The first-order chi connectivity index (χ1) is 9.61. The van der Waals surface area contributed by atoms with Crippen LogP contribution in [0.4, 0.5) is 0 Å². The van der Waals surface area contributed by atoms with Crippen LogP contribution >= 0.6 is 0 Å². The Morgan fingerprint density at radius 2 is 2.05 bits per heavy atom. The van der Waals surface area contributed by atoms with Crippen molar-refractivity contribution in [2.24, 2.45) is 7.05 Å². The molecule has 3 rings (SSSR count). The molecular formula is C13H19N5O2. The lowest BCUT2D eigenvalue weighted by Gasteiger charge is -2.43. The predicted molar refractivity (Wildman–Crippen MR) is 70.4 cm³/mol. The Kier molecular flexibility index (Phi) is 3.19. The van der Waals surface area contributed by atoms with E-state index in [0.717, 1.165) is 32.1 Å². The summed E-state index contributed by atoms with van der Waals surface area (Å²) in [6.45, 7) is 0.442. The Morgan fingerprint density at radius 1 is 1.30 bits per heavy atom. The lowest BCUT2D eigenvalue weighted by atomic mass is 9.79. The number of carbonyl (C=O) groups excluding carboxylic acids is 2. The number of hydrogen-bond acceptors (Lipinski definition) is 4. The number of amides is 2. The lowest BCUT2D eigenvalue weighted by Crippen LogP contribution is -2.67. The van der Waals surface area contributed by atoms with Crippen LogP contribution in [0.3, 0.4) is 0 Å². The van der Waals surface area contributed by atoms with Gasteiger partial charge in [0.25, 0.3) is 0 Å². The number of aryl methyl sites for hydroxylation is 1. The quantitative estimate of drug-likeness (QED) is 0.823. The highest BCUT2D eigenvalue weighted by Crippen LogP contribution is 2.32. The molecule has 1 spiro atoms. The minimum Gasteiger partial charge on any atom is -0.340 e. The second-order valence-corrected chi connectivity index (χ2v) is 5.65. The molecule has 1 saturated heterocycles. The number of nitrogens with zero attached hydrogens (tertiary/aromatic N) is 4. The maximum atomic E-state index is 12.7. The minimum atomic E-state index is -0.674. The van der Waals surface area contributed by atoms with Gasteiger partial charge in [-0.1, -0.05) is 19.3 Å². The van der Waals surface area contributed by atoms with Crippen molar-refractivity contribution in [3.05, 3.63) is 12.2 Å². The zero-order chi connectivity index (χ0) is 14.2. The molecule has 0 unspecified atom stereocenters. The summed E-state index contributed by atoms with van der Waals surface area (Å²) in [5.74, 6) is 0.646. The fourth-order valence-electron chi connectivity index (χ4n) is 3.16. The van der Waals surface area contributed by atoms with Gasteiger partial charge in [0.05, 0.1) is 6.54 Å². The maximum Gasteiger partial charge on any atom is 0.249 e. The number of nitrogens with one attached hydrogen (secondary N) is 1. The van der Waals surface area contributed by atoms with E-state index in [2.05, 4.69) is 15.4 Å². The summed E-state index contributed by atoms with van der Waals surface area (Å²) < 4.78 is 1.63. The Morgan fingerprint density at radius 3 is 2.70 bits per heavy atom. The Labute approximate surface area is 117 Å². The van der Waals surface area contributed by atoms with Crippen molar-refractivity contribution in [3.8, 4) is 0 Å². The van der Waals surface area contributed by atoms with Crippen molar-refractivity contribution in [3.63, 3.8) is 0 Å². The van der Waals surface area contributed by atoms with Crippen LogP contribution in [-0.4, -0.2) is 43.6 Å². The molecule has 0 radical (unpaired) electrons. The van der Waals surface area contributed by atoms with Gasteiger partial charge in [0.1, 0.15) is 24.2 Å². The number of piperazine rings is 1. The third-order valence-corrected chi connectivity index (χ3v) is 4.25. The van der Waals surface area contributed by atoms with Crippen LogP contribution < -0.4 is 5.32 Å². The second kappa shape index (κ2) is 4.88. The summed E-state index contributed by atoms with van der Waals surface area (Å²) in [4.78, 5) is 30.4. The van der Waals surface area contributed by atoms with E-state index >= 15 is 0 Å². The molecule has 1 saturated carbocycles. The SMILES string of the molecule is Cn1ncnc1CN1CC(=O)NC2(CCCCC2)C1=O. The van der Waals surface area contributed by atoms with Gasteiger partial charge in [-0.05, 0) is 12.8 Å². The molecule has 0 bridgehead atoms. The number of hydrogen-bond donors (Lipinski definition) is 1. The highest BCUT2D eigenvalue weighted by molar-refractivity contribution is 5.98. The topological polar surface area (TPSA) is 80.1 Å². The standard InChI is InChI=1S/C13H19N5O2/c1-17-10(14-9-15-17)7-18-8-11(19)16-13(12(18)20)5-3-2-4-6-13/h9H,2-8H2,1H3,(H,16,19). The molecular weight excluding hydrogens is 258 g/mol. The molecule has 2 amide bonds. The molecule has 20 heavy (non-hydrogen) atoms. The van der Waals surface area contributed by atoms with Crippen LogP contribution in [0.1, 0.15) is 37.9 Å². The molecule has 0 atom stereocenters. The molecule has 1 aromatic rings. The molecule has 0 aromatic carbocycles. The largest absolute Gasteiger partial charge is 0.340 e. The molecule has 108 valence electrons. The zero-order valence-corrected chi connectivity index (χ0v) is 11.6. The van der Waals surface area contributed by atoms with Gasteiger partial charge in [0, 0.05) is 7.05 Å². The zero-order valence-electron chi connectivity index (χ0n) is 11.6. The molecule has 1 aliphatic heterocycles. The van der Waals surface area contributed by atoms with Gasteiger partial charge in [-0.2, -0.15) is 5.10 Å². The Balaban J connectivity index is 1.82. The first-order valence-corrected chi connectivity index (χ1v) is 7.04. The lowest BCUT2D eigenvalue weighted by molar-refractivity contribution is -0.152. The predicted octanol–water partition coefficient (Wildman–Crippen LogP) is -0.0236. The summed E-state index contributed by atoms with van der Waals surface area (Å²) in [6, 6.07) is 0. The summed E-state index contributed by atoms with van der Waals surface area (Å²) >= 11 is 0. The maximum absolute atomic E-state index is 12.7. The van der Waals surface area contributed by atoms with Crippen molar-refractivity contribution >= 4 is 11.8 Å². The molecule has 2 heterocycles. The minimum absolute atomic E-state index is 0.0276. The highest BCUT2D eigenvalue weighted by Gasteiger charge is 2.47. The van der Waals surface area contributed by atoms with Crippen molar-refractivity contribution in [1.82, 2.24) is 25.0 Å². The average molecular weight is 277 g/mol. The highest BCUT2D eigenvalue weighted by atomic mass is 16.2. The van der Waals surface area contributed by atoms with E-state index in [1.54, 1.807) is 16.6 Å². The normalized spacial score (nSPS) is 22.1. The monoisotopic (exact) mass is 277 g/mol. The van der Waals surface area contributed by atoms with Gasteiger partial charge in [-0.15, -0.1) is 0 Å². The van der Waals surface area contributed by atoms with Gasteiger partial charge in [-0.25, -0.2) is 4.98 Å². The van der Waals surface area contributed by atoms with Gasteiger partial charge in [-0.3, -0.25) is 14.3 Å². The third kappa shape index (κ3) is 2.17. The Hall–Kier alpha value is -1.92. The second-order valence-electron chi connectivity index (χ2n) is 5.65. The molecule has 1 N–H and O–H groups in total. The van der Waals surface area contributed by atoms with Gasteiger partial charge >= 0.3 is 0 Å². The first-order valence-electron chi connectivity index (χ1n) is 7.04. The smallest absolute Gasteiger partial charge is 0.249 e. The van der Waals surface area contributed by atoms with E-state index in [9.17, 15) is 9.59 Å². The van der Waals surface area contributed by atoms with E-state index in [1.165, 1.54) is 6.33 Å². The van der Waals surface area contributed by atoms with Crippen molar-refractivity contribution < 1.29 is 9.59 Å². The number of aromatic nitrogens is 3. The molecule has 2 aliphatic rings. The van der Waals surface area contributed by atoms with Crippen LogP contribution in [0.15, 0.2) is 6.33 Å². The van der Waals surface area contributed by atoms with Crippen LogP contribution in [0.5, 0.6) is 0 Å². The molecule has 1 aromatic heterocycles. The van der Waals surface area contributed by atoms with E-state index in [4.69, 9.17) is 0 Å². The van der Waals surface area contributed by atoms with Crippen molar-refractivity contribution in [2.75, 3.05) is 6.54 Å². The van der Waals surface area contributed by atoms with Crippen molar-refractivity contribution in [2.45, 2.75) is 44.2 Å². The fraction of sp³-hybridized carbons (Fsp3) is 0.692.